The van der Waals surface area contributed by atoms with Crippen LogP contribution in [0.1, 0.15) is 11.1 Å². The predicted octanol–water partition coefficient (Wildman–Crippen LogP) is 3.69. The first-order chi connectivity index (χ1) is 8.56. The lowest BCUT2D eigenvalue weighted by atomic mass is 10.2. The monoisotopic (exact) mass is 283 g/mol. The van der Waals surface area contributed by atoms with Crippen LogP contribution in [0.25, 0.3) is 0 Å². The third-order valence-corrected chi connectivity index (χ3v) is 3.46. The van der Waals surface area contributed by atoms with Crippen LogP contribution >= 0.6 is 23.2 Å². The summed E-state index contributed by atoms with van der Waals surface area (Å²) in [6.07, 6.45) is 4.77. The molecular formula is C13H15Cl2N3. The van der Waals surface area contributed by atoms with Crippen molar-refractivity contribution in [3.05, 3.63) is 45.7 Å². The van der Waals surface area contributed by atoms with E-state index in [1.54, 1.807) is 4.68 Å². The normalized spacial score (nSPS) is 10.7. The largest absolute Gasteiger partial charge is 0.383 e. The highest BCUT2D eigenvalue weighted by Crippen LogP contribution is 2.28. The van der Waals surface area contributed by atoms with Gasteiger partial charge >= 0.3 is 0 Å². The zero-order valence-corrected chi connectivity index (χ0v) is 11.9. The van der Waals surface area contributed by atoms with E-state index in [0.29, 0.717) is 5.02 Å². The fourth-order valence-corrected chi connectivity index (χ4v) is 2.17. The summed E-state index contributed by atoms with van der Waals surface area (Å²) in [6.45, 7) is 2.73. The first-order valence-electron chi connectivity index (χ1n) is 5.73. The van der Waals surface area contributed by atoms with E-state index in [-0.39, 0.29) is 0 Å². The van der Waals surface area contributed by atoms with Crippen molar-refractivity contribution in [2.24, 2.45) is 7.05 Å². The van der Waals surface area contributed by atoms with Crippen LogP contribution in [0.4, 0.5) is 5.69 Å². The molecular weight excluding hydrogens is 269 g/mol. The van der Waals surface area contributed by atoms with Crippen molar-refractivity contribution in [1.29, 1.82) is 0 Å². The molecule has 2 aromatic rings. The van der Waals surface area contributed by atoms with Crippen molar-refractivity contribution < 1.29 is 0 Å². The molecule has 3 nitrogen and oxygen atoms in total. The Balaban J connectivity index is 1.96. The molecule has 1 aromatic heterocycles. The molecule has 0 saturated carbocycles. The summed E-state index contributed by atoms with van der Waals surface area (Å²) >= 11 is 12.2. The number of aryl methyl sites for hydroxylation is 2. The van der Waals surface area contributed by atoms with Gasteiger partial charge in [-0.3, -0.25) is 4.68 Å². The maximum Gasteiger partial charge on any atom is 0.0641 e. The first kappa shape index (κ1) is 13.2. The van der Waals surface area contributed by atoms with Crippen LogP contribution in [0, 0.1) is 6.92 Å². The SMILES string of the molecule is Cc1cc(Cl)c(NCCc2cnn(C)c2)cc1Cl. The van der Waals surface area contributed by atoms with E-state index in [1.807, 2.05) is 38.5 Å². The van der Waals surface area contributed by atoms with Crippen LogP contribution in [0.3, 0.4) is 0 Å². The van der Waals surface area contributed by atoms with Gasteiger partial charge in [0.2, 0.25) is 0 Å². The minimum absolute atomic E-state index is 0.697. The van der Waals surface area contributed by atoms with Crippen molar-refractivity contribution >= 4 is 28.9 Å². The number of benzene rings is 1. The lowest BCUT2D eigenvalue weighted by Gasteiger charge is -2.09. The van der Waals surface area contributed by atoms with E-state index in [4.69, 9.17) is 23.2 Å². The van der Waals surface area contributed by atoms with Gasteiger partial charge in [0.05, 0.1) is 16.9 Å². The molecule has 0 radical (unpaired) electrons. The van der Waals surface area contributed by atoms with E-state index >= 15 is 0 Å². The molecule has 0 amide bonds. The molecule has 0 aliphatic carbocycles. The Morgan fingerprint density at radius 1 is 1.28 bits per heavy atom. The summed E-state index contributed by atoms with van der Waals surface area (Å²) in [5, 5.41) is 8.84. The molecule has 0 bridgehead atoms. The van der Waals surface area contributed by atoms with Gasteiger partial charge in [-0.25, -0.2) is 0 Å². The number of rotatable bonds is 4. The number of hydrogen-bond acceptors (Lipinski definition) is 2. The van der Waals surface area contributed by atoms with Crippen molar-refractivity contribution in [2.75, 3.05) is 11.9 Å². The van der Waals surface area contributed by atoms with Crippen LogP contribution in [0.5, 0.6) is 0 Å². The molecule has 0 aliphatic rings. The van der Waals surface area contributed by atoms with E-state index in [0.717, 1.165) is 29.2 Å². The average Bonchev–Trinajstić information content (AvgIpc) is 2.71. The molecule has 5 heteroatoms. The van der Waals surface area contributed by atoms with Gasteiger partial charge in [0.15, 0.2) is 0 Å². The highest BCUT2D eigenvalue weighted by Gasteiger charge is 2.04. The second-order valence-electron chi connectivity index (χ2n) is 4.28. The van der Waals surface area contributed by atoms with Gasteiger partial charge in [-0.15, -0.1) is 0 Å². The lowest BCUT2D eigenvalue weighted by molar-refractivity contribution is 0.767. The number of nitrogens with zero attached hydrogens (tertiary/aromatic N) is 2. The van der Waals surface area contributed by atoms with E-state index in [1.165, 1.54) is 5.56 Å². The second kappa shape index (κ2) is 5.63. The van der Waals surface area contributed by atoms with Crippen molar-refractivity contribution in [3.63, 3.8) is 0 Å². The maximum atomic E-state index is 6.15. The predicted molar refractivity (Wildman–Crippen MR) is 76.6 cm³/mol. The van der Waals surface area contributed by atoms with Crippen molar-refractivity contribution in [3.8, 4) is 0 Å². The molecule has 2 rings (SSSR count). The maximum absolute atomic E-state index is 6.15. The summed E-state index contributed by atoms with van der Waals surface area (Å²) < 4.78 is 1.80. The molecule has 0 saturated heterocycles. The molecule has 1 heterocycles. The zero-order chi connectivity index (χ0) is 13.1. The summed E-state index contributed by atoms with van der Waals surface area (Å²) in [7, 11) is 1.91. The fourth-order valence-electron chi connectivity index (χ4n) is 1.72. The Morgan fingerprint density at radius 2 is 2.06 bits per heavy atom. The average molecular weight is 284 g/mol. The Kier molecular flexibility index (Phi) is 4.15. The summed E-state index contributed by atoms with van der Waals surface area (Å²) in [6, 6.07) is 3.73. The number of nitrogens with one attached hydrogen (secondary N) is 1. The van der Waals surface area contributed by atoms with Crippen LogP contribution in [-0.4, -0.2) is 16.3 Å². The first-order valence-corrected chi connectivity index (χ1v) is 6.49. The van der Waals surface area contributed by atoms with E-state index in [2.05, 4.69) is 10.4 Å². The topological polar surface area (TPSA) is 29.9 Å². The van der Waals surface area contributed by atoms with Gasteiger partial charge in [-0.1, -0.05) is 23.2 Å². The van der Waals surface area contributed by atoms with Gasteiger partial charge in [0.1, 0.15) is 0 Å². The Bertz CT molecular complexity index is 549. The van der Waals surface area contributed by atoms with Gasteiger partial charge in [-0.05, 0) is 36.6 Å². The van der Waals surface area contributed by atoms with E-state index < -0.39 is 0 Å². The van der Waals surface area contributed by atoms with Crippen LogP contribution in [0.2, 0.25) is 10.0 Å². The van der Waals surface area contributed by atoms with Crippen LogP contribution < -0.4 is 5.32 Å². The minimum Gasteiger partial charge on any atom is -0.383 e. The molecule has 1 aromatic carbocycles. The van der Waals surface area contributed by atoms with Crippen LogP contribution in [-0.2, 0) is 13.5 Å². The molecule has 0 spiro atoms. The number of aromatic nitrogens is 2. The number of hydrogen-bond donors (Lipinski definition) is 1. The molecule has 96 valence electrons. The Labute approximate surface area is 117 Å². The van der Waals surface area contributed by atoms with Gasteiger partial charge in [-0.2, -0.15) is 5.10 Å². The lowest BCUT2D eigenvalue weighted by Crippen LogP contribution is -2.05. The third-order valence-electron chi connectivity index (χ3n) is 2.74. The molecule has 0 unspecified atom stereocenters. The molecule has 0 fully saturated rings. The summed E-state index contributed by atoms with van der Waals surface area (Å²) in [4.78, 5) is 0. The fraction of sp³-hybridized carbons (Fsp3) is 0.308. The van der Waals surface area contributed by atoms with Gasteiger partial charge < -0.3 is 5.32 Å². The minimum atomic E-state index is 0.697. The van der Waals surface area contributed by atoms with Gasteiger partial charge in [0, 0.05) is 24.8 Å². The Hall–Kier alpha value is -1.19. The molecule has 0 aliphatic heterocycles. The Morgan fingerprint density at radius 3 is 2.72 bits per heavy atom. The van der Waals surface area contributed by atoms with E-state index in [9.17, 15) is 0 Å². The second-order valence-corrected chi connectivity index (χ2v) is 5.09. The van der Waals surface area contributed by atoms with Crippen molar-refractivity contribution in [2.45, 2.75) is 13.3 Å². The highest BCUT2D eigenvalue weighted by molar-refractivity contribution is 6.35. The summed E-state index contributed by atoms with van der Waals surface area (Å²) in [5.74, 6) is 0. The molecule has 18 heavy (non-hydrogen) atoms. The molecule has 1 N–H and O–H groups in total. The van der Waals surface area contributed by atoms with Crippen LogP contribution in [0.15, 0.2) is 24.5 Å². The van der Waals surface area contributed by atoms with Gasteiger partial charge in [0.25, 0.3) is 0 Å². The smallest absolute Gasteiger partial charge is 0.0641 e. The zero-order valence-electron chi connectivity index (χ0n) is 10.4. The standard InChI is InChI=1S/C13H15Cl2N3/c1-9-5-12(15)13(6-11(9)14)16-4-3-10-7-17-18(2)8-10/h5-8,16H,3-4H2,1-2H3. The summed E-state index contributed by atoms with van der Waals surface area (Å²) in [5.41, 5.74) is 3.05. The van der Waals surface area contributed by atoms with Crippen molar-refractivity contribution in [1.82, 2.24) is 9.78 Å². The number of halogens is 2. The third kappa shape index (κ3) is 3.18. The molecule has 0 atom stereocenters. The quantitative estimate of drug-likeness (QED) is 0.928. The number of anilines is 1. The highest BCUT2D eigenvalue weighted by atomic mass is 35.5.